The molecule has 0 fully saturated rings. The van der Waals surface area contributed by atoms with Crippen LogP contribution >= 0.6 is 0 Å². The predicted molar refractivity (Wildman–Crippen MR) is 49.4 cm³/mol. The van der Waals surface area contributed by atoms with Crippen molar-refractivity contribution in [2.45, 2.75) is 18.3 Å². The summed E-state index contributed by atoms with van der Waals surface area (Å²) in [6.45, 7) is -0.699. The summed E-state index contributed by atoms with van der Waals surface area (Å²) < 4.78 is 0. The van der Waals surface area contributed by atoms with Gasteiger partial charge in [-0.25, -0.2) is 0 Å². The van der Waals surface area contributed by atoms with Gasteiger partial charge >= 0.3 is 0 Å². The summed E-state index contributed by atoms with van der Waals surface area (Å²) >= 11 is 0. The van der Waals surface area contributed by atoms with Crippen molar-refractivity contribution in [3.8, 4) is 0 Å². The number of rotatable bonds is 5. The van der Waals surface area contributed by atoms with E-state index in [1.165, 1.54) is 0 Å². The van der Waals surface area contributed by atoms with Gasteiger partial charge in [-0.1, -0.05) is 0 Å². The van der Waals surface area contributed by atoms with Gasteiger partial charge in [-0.05, 0) is 0 Å². The summed E-state index contributed by atoms with van der Waals surface area (Å²) in [6.07, 6.45) is -3.74. The fraction of sp³-hybridized carbons (Fsp3) is 0.667. The molecule has 0 aromatic rings. The molecule has 0 heterocycles. The van der Waals surface area contributed by atoms with Crippen LogP contribution in [0.1, 0.15) is 0 Å². The largest absolute Gasteiger partial charge is 0.394 e. The van der Waals surface area contributed by atoms with E-state index >= 15 is 0 Å². The summed E-state index contributed by atoms with van der Waals surface area (Å²) in [7, 11) is 0. The SMILES string of the molecule is NN=CC(=NN)C(O)C(O)C(O)CO. The van der Waals surface area contributed by atoms with Crippen molar-refractivity contribution >= 4 is 11.9 Å². The fourth-order valence-corrected chi connectivity index (χ4v) is 0.756. The topological polar surface area (TPSA) is 158 Å². The Bertz CT molecular complexity index is 220. The van der Waals surface area contributed by atoms with Crippen molar-refractivity contribution in [1.82, 2.24) is 0 Å². The lowest BCUT2D eigenvalue weighted by atomic mass is 10.0. The Hall–Kier alpha value is -1.22. The van der Waals surface area contributed by atoms with Crippen LogP contribution in [0, 0.1) is 0 Å². The third-order valence-corrected chi connectivity index (χ3v) is 1.56. The molecular weight excluding hydrogens is 192 g/mol. The molecule has 0 aromatic heterocycles. The Morgan fingerprint density at radius 2 is 1.86 bits per heavy atom. The third kappa shape index (κ3) is 3.26. The van der Waals surface area contributed by atoms with Crippen molar-refractivity contribution in [1.29, 1.82) is 0 Å². The molecule has 3 atom stereocenters. The lowest BCUT2D eigenvalue weighted by Gasteiger charge is -2.20. The number of aliphatic hydroxyl groups excluding tert-OH is 4. The zero-order valence-electron chi connectivity index (χ0n) is 7.35. The number of aliphatic hydroxyl groups is 4. The Morgan fingerprint density at radius 1 is 1.29 bits per heavy atom. The summed E-state index contributed by atoms with van der Waals surface area (Å²) in [5.41, 5.74) is -0.201. The molecule has 8 N–H and O–H groups in total. The second kappa shape index (κ2) is 6.27. The number of hydrogen-bond donors (Lipinski definition) is 6. The first-order chi connectivity index (χ1) is 6.58. The van der Waals surface area contributed by atoms with Crippen molar-refractivity contribution in [3.05, 3.63) is 0 Å². The summed E-state index contributed by atoms with van der Waals surface area (Å²) in [4.78, 5) is 0. The smallest absolute Gasteiger partial charge is 0.128 e. The van der Waals surface area contributed by atoms with E-state index in [0.29, 0.717) is 0 Å². The molecular formula is C6H14N4O4. The molecule has 3 unspecified atom stereocenters. The molecule has 0 radical (unpaired) electrons. The first-order valence-electron chi connectivity index (χ1n) is 3.74. The van der Waals surface area contributed by atoms with E-state index in [9.17, 15) is 10.2 Å². The van der Waals surface area contributed by atoms with Crippen LogP contribution in [0.15, 0.2) is 10.2 Å². The summed E-state index contributed by atoms with van der Waals surface area (Å²) in [6, 6.07) is 0. The molecule has 0 bridgehead atoms. The molecule has 82 valence electrons. The van der Waals surface area contributed by atoms with Crippen molar-refractivity contribution in [2.24, 2.45) is 21.9 Å². The Kier molecular flexibility index (Phi) is 5.72. The maximum absolute atomic E-state index is 9.33. The van der Waals surface area contributed by atoms with Crippen LogP contribution in [0.3, 0.4) is 0 Å². The van der Waals surface area contributed by atoms with Gasteiger partial charge in [-0.3, -0.25) is 0 Å². The molecule has 8 heteroatoms. The van der Waals surface area contributed by atoms with Crippen molar-refractivity contribution < 1.29 is 20.4 Å². The van der Waals surface area contributed by atoms with E-state index in [0.717, 1.165) is 6.21 Å². The Labute approximate surface area is 80.2 Å². The van der Waals surface area contributed by atoms with Gasteiger partial charge in [0.25, 0.3) is 0 Å². The van der Waals surface area contributed by atoms with Crippen LogP contribution in [-0.2, 0) is 0 Å². The average Bonchev–Trinajstić information content (AvgIpc) is 2.22. The Morgan fingerprint density at radius 3 is 2.21 bits per heavy atom. The molecule has 0 aliphatic rings. The summed E-state index contributed by atoms with van der Waals surface area (Å²) in [5, 5.41) is 42.2. The summed E-state index contributed by atoms with van der Waals surface area (Å²) in [5.74, 6) is 9.65. The van der Waals surface area contributed by atoms with Gasteiger partial charge in [-0.2, -0.15) is 10.2 Å². The monoisotopic (exact) mass is 206 g/mol. The van der Waals surface area contributed by atoms with Gasteiger partial charge < -0.3 is 32.1 Å². The highest BCUT2D eigenvalue weighted by Gasteiger charge is 2.27. The van der Waals surface area contributed by atoms with E-state index in [1.807, 2.05) is 0 Å². The third-order valence-electron chi connectivity index (χ3n) is 1.56. The minimum Gasteiger partial charge on any atom is -0.394 e. The van der Waals surface area contributed by atoms with Crippen molar-refractivity contribution in [2.75, 3.05) is 6.61 Å². The van der Waals surface area contributed by atoms with Gasteiger partial charge in [0.05, 0.1) is 12.8 Å². The van der Waals surface area contributed by atoms with E-state index in [-0.39, 0.29) is 5.71 Å². The second-order valence-electron chi connectivity index (χ2n) is 2.52. The van der Waals surface area contributed by atoms with Crippen molar-refractivity contribution in [3.63, 3.8) is 0 Å². The quantitative estimate of drug-likeness (QED) is 0.154. The lowest BCUT2D eigenvalue weighted by molar-refractivity contribution is -0.0549. The molecule has 8 nitrogen and oxygen atoms in total. The number of nitrogens with zero attached hydrogens (tertiary/aromatic N) is 2. The highest BCUT2D eigenvalue weighted by Crippen LogP contribution is 2.01. The normalized spacial score (nSPS) is 19.6. The number of hydrogen-bond acceptors (Lipinski definition) is 8. The molecule has 0 aromatic carbocycles. The second-order valence-corrected chi connectivity index (χ2v) is 2.52. The van der Waals surface area contributed by atoms with Gasteiger partial charge in [0.1, 0.15) is 24.0 Å². The van der Waals surface area contributed by atoms with Gasteiger partial charge in [0.2, 0.25) is 0 Å². The van der Waals surface area contributed by atoms with Gasteiger partial charge in [0, 0.05) is 0 Å². The molecule has 0 spiro atoms. The van der Waals surface area contributed by atoms with E-state index < -0.39 is 24.9 Å². The van der Waals surface area contributed by atoms with Crippen LogP contribution in [0.25, 0.3) is 0 Å². The Balaban J connectivity index is 4.50. The van der Waals surface area contributed by atoms with Gasteiger partial charge in [0.15, 0.2) is 0 Å². The van der Waals surface area contributed by atoms with E-state index in [2.05, 4.69) is 10.2 Å². The van der Waals surface area contributed by atoms with Crippen LogP contribution < -0.4 is 11.7 Å². The van der Waals surface area contributed by atoms with Crippen LogP contribution in [0.5, 0.6) is 0 Å². The zero-order chi connectivity index (χ0) is 11.1. The highest BCUT2D eigenvalue weighted by atomic mass is 16.4. The molecule has 0 aliphatic heterocycles. The van der Waals surface area contributed by atoms with Crippen LogP contribution in [0.2, 0.25) is 0 Å². The first kappa shape index (κ1) is 12.8. The van der Waals surface area contributed by atoms with E-state index in [4.69, 9.17) is 21.9 Å². The molecule has 0 saturated heterocycles. The minimum absolute atomic E-state index is 0.201. The molecule has 0 amide bonds. The van der Waals surface area contributed by atoms with Crippen LogP contribution in [0.4, 0.5) is 0 Å². The molecule has 14 heavy (non-hydrogen) atoms. The van der Waals surface area contributed by atoms with E-state index in [1.54, 1.807) is 0 Å². The van der Waals surface area contributed by atoms with Gasteiger partial charge in [-0.15, -0.1) is 0 Å². The molecule has 0 aliphatic carbocycles. The predicted octanol–water partition coefficient (Wildman–Crippen LogP) is -3.68. The zero-order valence-corrected chi connectivity index (χ0v) is 7.35. The highest BCUT2D eigenvalue weighted by molar-refractivity contribution is 6.32. The minimum atomic E-state index is -1.61. The maximum atomic E-state index is 9.33. The standard InChI is InChI=1S/C6H14N4O4/c7-9-1-3(10-8)5(13)6(14)4(12)2-11/h1,4-6,11-14H,2,7-8H2. The first-order valence-corrected chi connectivity index (χ1v) is 3.74. The fourth-order valence-electron chi connectivity index (χ4n) is 0.756. The molecule has 0 rings (SSSR count). The maximum Gasteiger partial charge on any atom is 0.128 e. The molecule has 0 saturated carbocycles. The number of hydrazone groups is 2. The van der Waals surface area contributed by atoms with Crippen LogP contribution in [-0.4, -0.2) is 57.3 Å². The lowest BCUT2D eigenvalue weighted by Crippen LogP contribution is -2.44. The number of nitrogens with two attached hydrogens (primary N) is 2. The average molecular weight is 206 g/mol.